The van der Waals surface area contributed by atoms with Crippen LogP contribution in [0.15, 0.2) is 24.5 Å². The lowest BCUT2D eigenvalue weighted by molar-refractivity contribution is 0.0550. The van der Waals surface area contributed by atoms with Crippen LogP contribution in [0.2, 0.25) is 5.02 Å². The quantitative estimate of drug-likeness (QED) is 0.936. The molecule has 2 aromatic rings. The van der Waals surface area contributed by atoms with Crippen LogP contribution in [0.1, 0.15) is 30.8 Å². The second-order valence-electron chi connectivity index (χ2n) is 4.85. The minimum atomic E-state index is -1.02. The normalized spacial score (nSPS) is 14.4. The van der Waals surface area contributed by atoms with Crippen molar-refractivity contribution in [3.05, 3.63) is 46.5 Å². The van der Waals surface area contributed by atoms with Gasteiger partial charge in [0.05, 0.1) is 22.0 Å². The molecule has 2 heterocycles. The maximum Gasteiger partial charge on any atom is 0.0939 e. The molecule has 1 N–H and O–H groups in total. The topological polar surface area (TPSA) is 50.9 Å². The summed E-state index contributed by atoms with van der Waals surface area (Å²) < 4.78 is 1.84. The molecule has 0 radical (unpaired) electrons. The fourth-order valence-electron chi connectivity index (χ4n) is 2.15. The van der Waals surface area contributed by atoms with Crippen molar-refractivity contribution in [2.45, 2.75) is 39.3 Å². The van der Waals surface area contributed by atoms with E-state index in [1.54, 1.807) is 19.3 Å². The monoisotopic (exact) mass is 279 g/mol. The summed E-state index contributed by atoms with van der Waals surface area (Å²) in [6.45, 7) is 6.37. The molecule has 0 bridgehead atoms. The maximum atomic E-state index is 10.7. The van der Waals surface area contributed by atoms with E-state index in [0.29, 0.717) is 11.4 Å². The predicted octanol–water partition coefficient (Wildman–Crippen LogP) is 2.71. The summed E-state index contributed by atoms with van der Waals surface area (Å²) in [6, 6.07) is 3.67. The number of nitrogens with zero attached hydrogens (tertiary/aromatic N) is 3. The van der Waals surface area contributed by atoms with Crippen LogP contribution in [-0.4, -0.2) is 19.9 Å². The molecule has 0 fully saturated rings. The van der Waals surface area contributed by atoms with E-state index >= 15 is 0 Å². The van der Waals surface area contributed by atoms with Crippen LogP contribution in [0.5, 0.6) is 0 Å². The highest BCUT2D eigenvalue weighted by atomic mass is 35.5. The van der Waals surface area contributed by atoms with Gasteiger partial charge in [-0.2, -0.15) is 5.10 Å². The molecule has 0 aliphatic rings. The van der Waals surface area contributed by atoms with Crippen LogP contribution < -0.4 is 0 Å². The number of hydrogen-bond donors (Lipinski definition) is 1. The Hall–Kier alpha value is -1.39. The van der Waals surface area contributed by atoms with Crippen molar-refractivity contribution in [3.8, 4) is 0 Å². The van der Waals surface area contributed by atoms with E-state index in [9.17, 15) is 5.11 Å². The molecule has 1 unspecified atom stereocenters. The molecule has 19 heavy (non-hydrogen) atoms. The van der Waals surface area contributed by atoms with E-state index in [-0.39, 0.29) is 0 Å². The molecule has 0 aromatic carbocycles. The first-order chi connectivity index (χ1) is 8.95. The Balaban J connectivity index is 2.35. The Morgan fingerprint density at radius 1 is 1.47 bits per heavy atom. The van der Waals surface area contributed by atoms with Gasteiger partial charge in [-0.15, -0.1) is 0 Å². The molecule has 0 saturated carbocycles. The van der Waals surface area contributed by atoms with Crippen molar-refractivity contribution in [1.29, 1.82) is 0 Å². The Bertz CT molecular complexity index is 564. The third kappa shape index (κ3) is 2.80. The first-order valence-electron chi connectivity index (χ1n) is 6.30. The van der Waals surface area contributed by atoms with E-state index in [0.717, 1.165) is 23.5 Å². The van der Waals surface area contributed by atoms with Crippen LogP contribution >= 0.6 is 11.6 Å². The second-order valence-corrected chi connectivity index (χ2v) is 5.23. The molecule has 0 spiro atoms. The van der Waals surface area contributed by atoms with Gasteiger partial charge in [0.2, 0.25) is 0 Å². The van der Waals surface area contributed by atoms with Gasteiger partial charge in [-0.05, 0) is 26.8 Å². The number of pyridine rings is 1. The van der Waals surface area contributed by atoms with Crippen LogP contribution in [0.3, 0.4) is 0 Å². The molecule has 102 valence electrons. The van der Waals surface area contributed by atoms with E-state index in [1.165, 1.54) is 0 Å². The van der Waals surface area contributed by atoms with Gasteiger partial charge in [-0.25, -0.2) is 0 Å². The maximum absolute atomic E-state index is 10.7. The summed E-state index contributed by atoms with van der Waals surface area (Å²) in [6.07, 6.45) is 3.77. The average Bonchev–Trinajstić information content (AvgIpc) is 2.67. The molecule has 2 aromatic heterocycles. The standard InChI is InChI=1S/C14H18ClN3O/c1-4-18-12(13(15)10(2)17-18)8-14(3,19)11-6-5-7-16-9-11/h5-7,9,19H,4,8H2,1-3H3. The van der Waals surface area contributed by atoms with Crippen molar-refractivity contribution in [1.82, 2.24) is 14.8 Å². The summed E-state index contributed by atoms with van der Waals surface area (Å²) in [4.78, 5) is 4.05. The summed E-state index contributed by atoms with van der Waals surface area (Å²) >= 11 is 6.28. The van der Waals surface area contributed by atoms with Gasteiger partial charge in [0.1, 0.15) is 0 Å². The van der Waals surface area contributed by atoms with Crippen LogP contribution in [0.4, 0.5) is 0 Å². The van der Waals surface area contributed by atoms with Gasteiger partial charge in [0.25, 0.3) is 0 Å². The van der Waals surface area contributed by atoms with Gasteiger partial charge in [0.15, 0.2) is 0 Å². The van der Waals surface area contributed by atoms with Crippen LogP contribution in [-0.2, 0) is 18.6 Å². The van der Waals surface area contributed by atoms with Crippen LogP contribution in [0.25, 0.3) is 0 Å². The first-order valence-corrected chi connectivity index (χ1v) is 6.68. The van der Waals surface area contributed by atoms with Gasteiger partial charge in [-0.1, -0.05) is 17.7 Å². The molecule has 0 saturated heterocycles. The zero-order valence-electron chi connectivity index (χ0n) is 11.4. The predicted molar refractivity (Wildman–Crippen MR) is 75.2 cm³/mol. The summed E-state index contributed by atoms with van der Waals surface area (Å²) in [7, 11) is 0. The van der Waals surface area contributed by atoms with E-state index in [1.807, 2.05) is 30.7 Å². The Morgan fingerprint density at radius 2 is 2.21 bits per heavy atom. The molecule has 1 atom stereocenters. The Kier molecular flexibility index (Phi) is 3.92. The van der Waals surface area contributed by atoms with Gasteiger partial charge in [-0.3, -0.25) is 9.67 Å². The molecule has 5 heteroatoms. The minimum Gasteiger partial charge on any atom is -0.385 e. The lowest BCUT2D eigenvalue weighted by atomic mass is 9.92. The molecule has 0 aliphatic carbocycles. The molecular formula is C14H18ClN3O. The summed E-state index contributed by atoms with van der Waals surface area (Å²) in [5.74, 6) is 0. The zero-order chi connectivity index (χ0) is 14.0. The Morgan fingerprint density at radius 3 is 2.79 bits per heavy atom. The highest BCUT2D eigenvalue weighted by molar-refractivity contribution is 6.31. The summed E-state index contributed by atoms with van der Waals surface area (Å²) in [5.41, 5.74) is 1.40. The van der Waals surface area contributed by atoms with Gasteiger partial charge >= 0.3 is 0 Å². The van der Waals surface area contributed by atoms with Gasteiger partial charge in [0, 0.05) is 30.9 Å². The molecule has 2 rings (SSSR count). The van der Waals surface area contributed by atoms with Crippen molar-refractivity contribution < 1.29 is 5.11 Å². The smallest absolute Gasteiger partial charge is 0.0939 e. The average molecular weight is 280 g/mol. The highest BCUT2D eigenvalue weighted by Crippen LogP contribution is 2.29. The number of aromatic nitrogens is 3. The fraction of sp³-hybridized carbons (Fsp3) is 0.429. The Labute approximate surface area is 118 Å². The molecule has 0 amide bonds. The number of halogens is 1. The molecule has 4 nitrogen and oxygen atoms in total. The fourth-order valence-corrected chi connectivity index (χ4v) is 2.35. The minimum absolute atomic E-state index is 0.409. The van der Waals surface area contributed by atoms with Crippen molar-refractivity contribution >= 4 is 11.6 Å². The third-order valence-electron chi connectivity index (χ3n) is 3.25. The van der Waals surface area contributed by atoms with Crippen molar-refractivity contribution in [2.24, 2.45) is 0 Å². The lowest BCUT2D eigenvalue weighted by Crippen LogP contribution is -2.26. The second kappa shape index (κ2) is 5.31. The van der Waals surface area contributed by atoms with E-state index in [2.05, 4.69) is 10.1 Å². The SMILES string of the molecule is CCn1nc(C)c(Cl)c1CC(C)(O)c1cccnc1. The van der Waals surface area contributed by atoms with E-state index < -0.39 is 5.60 Å². The largest absolute Gasteiger partial charge is 0.385 e. The third-order valence-corrected chi connectivity index (χ3v) is 3.74. The number of aryl methyl sites for hydroxylation is 2. The first kappa shape index (κ1) is 14.0. The highest BCUT2D eigenvalue weighted by Gasteiger charge is 2.27. The molecule has 0 aliphatic heterocycles. The zero-order valence-corrected chi connectivity index (χ0v) is 12.1. The van der Waals surface area contributed by atoms with Crippen LogP contribution in [0, 0.1) is 6.92 Å². The van der Waals surface area contributed by atoms with E-state index in [4.69, 9.17) is 11.6 Å². The summed E-state index contributed by atoms with van der Waals surface area (Å²) in [5, 5.41) is 15.6. The number of aliphatic hydroxyl groups is 1. The van der Waals surface area contributed by atoms with Gasteiger partial charge < -0.3 is 5.11 Å². The van der Waals surface area contributed by atoms with Crippen molar-refractivity contribution in [2.75, 3.05) is 0 Å². The number of rotatable bonds is 4. The molecular weight excluding hydrogens is 262 g/mol. The lowest BCUT2D eigenvalue weighted by Gasteiger charge is -2.24. The number of hydrogen-bond acceptors (Lipinski definition) is 3. The van der Waals surface area contributed by atoms with Crippen molar-refractivity contribution in [3.63, 3.8) is 0 Å².